The first-order valence-corrected chi connectivity index (χ1v) is 7.76. The Bertz CT molecular complexity index is 288. The fraction of sp³-hybridized carbons (Fsp3) is 0.875. The van der Waals surface area contributed by atoms with E-state index in [0.29, 0.717) is 12.8 Å². The maximum atomic E-state index is 11.9. The minimum absolute atomic E-state index is 0.0923. The van der Waals surface area contributed by atoms with Crippen LogP contribution in [0.3, 0.4) is 0 Å². The molecular formula is C16H30O4. The van der Waals surface area contributed by atoms with Crippen molar-refractivity contribution in [3.05, 3.63) is 0 Å². The average molecular weight is 286 g/mol. The molecule has 118 valence electrons. The standard InChI is InChI=1S/C16H30O4/c1-4-5-6-9-12-16(20-3,14(2)17)13-10-7-8-11-15(18)19/h4-13H2,1-3H3,(H,18,19). The zero-order chi connectivity index (χ0) is 15.4. The van der Waals surface area contributed by atoms with Crippen molar-refractivity contribution in [2.75, 3.05) is 7.11 Å². The highest BCUT2D eigenvalue weighted by Crippen LogP contribution is 2.27. The van der Waals surface area contributed by atoms with Gasteiger partial charge in [-0.15, -0.1) is 0 Å². The Morgan fingerprint density at radius 3 is 1.95 bits per heavy atom. The highest BCUT2D eigenvalue weighted by atomic mass is 16.5. The molecule has 1 unspecified atom stereocenters. The van der Waals surface area contributed by atoms with Crippen LogP contribution in [0.1, 0.15) is 78.1 Å². The van der Waals surface area contributed by atoms with Gasteiger partial charge in [0.15, 0.2) is 5.78 Å². The summed E-state index contributed by atoms with van der Waals surface area (Å²) in [4.78, 5) is 22.4. The second-order valence-electron chi connectivity index (χ2n) is 5.52. The van der Waals surface area contributed by atoms with E-state index < -0.39 is 11.6 Å². The summed E-state index contributed by atoms with van der Waals surface area (Å²) in [6.07, 6.45) is 8.53. The molecule has 0 aromatic heterocycles. The van der Waals surface area contributed by atoms with Crippen LogP contribution in [0, 0.1) is 0 Å². The van der Waals surface area contributed by atoms with Crippen LogP contribution in [0.5, 0.6) is 0 Å². The summed E-state index contributed by atoms with van der Waals surface area (Å²) in [5.74, 6) is -0.663. The molecule has 20 heavy (non-hydrogen) atoms. The molecular weight excluding hydrogens is 256 g/mol. The second kappa shape index (κ2) is 10.8. The molecule has 0 aliphatic carbocycles. The van der Waals surface area contributed by atoms with Gasteiger partial charge >= 0.3 is 5.97 Å². The van der Waals surface area contributed by atoms with Crippen molar-refractivity contribution in [1.29, 1.82) is 0 Å². The summed E-state index contributed by atoms with van der Waals surface area (Å²) >= 11 is 0. The Morgan fingerprint density at radius 2 is 1.55 bits per heavy atom. The van der Waals surface area contributed by atoms with Crippen LogP contribution in [0.2, 0.25) is 0 Å². The zero-order valence-electron chi connectivity index (χ0n) is 13.2. The molecule has 0 aliphatic rings. The summed E-state index contributed by atoms with van der Waals surface area (Å²) < 4.78 is 5.54. The van der Waals surface area contributed by atoms with E-state index in [1.54, 1.807) is 14.0 Å². The Morgan fingerprint density at radius 1 is 1.00 bits per heavy atom. The van der Waals surface area contributed by atoms with E-state index in [9.17, 15) is 9.59 Å². The number of carboxylic acid groups (broad SMARTS) is 1. The van der Waals surface area contributed by atoms with Crippen molar-refractivity contribution < 1.29 is 19.4 Å². The molecule has 0 aliphatic heterocycles. The van der Waals surface area contributed by atoms with Gasteiger partial charge in [-0.3, -0.25) is 9.59 Å². The Hall–Kier alpha value is -0.900. The number of rotatable bonds is 13. The van der Waals surface area contributed by atoms with Crippen LogP contribution in [0.4, 0.5) is 0 Å². The van der Waals surface area contributed by atoms with Crippen molar-refractivity contribution >= 4 is 11.8 Å². The first-order chi connectivity index (χ1) is 9.48. The largest absolute Gasteiger partial charge is 0.481 e. The number of hydrogen-bond donors (Lipinski definition) is 1. The highest BCUT2D eigenvalue weighted by Gasteiger charge is 2.33. The lowest BCUT2D eigenvalue weighted by molar-refractivity contribution is -0.141. The van der Waals surface area contributed by atoms with Crippen LogP contribution >= 0.6 is 0 Å². The van der Waals surface area contributed by atoms with Gasteiger partial charge in [0.1, 0.15) is 5.60 Å². The van der Waals surface area contributed by atoms with E-state index in [1.807, 2.05) is 0 Å². The SMILES string of the molecule is CCCCCCC(CCCCCC(=O)O)(OC)C(C)=O. The molecule has 0 amide bonds. The third kappa shape index (κ3) is 7.63. The van der Waals surface area contributed by atoms with Crippen molar-refractivity contribution in [2.45, 2.75) is 83.7 Å². The predicted octanol–water partition coefficient (Wildman–Crippen LogP) is 3.97. The van der Waals surface area contributed by atoms with Crippen LogP contribution < -0.4 is 0 Å². The van der Waals surface area contributed by atoms with Gasteiger partial charge in [-0.05, 0) is 26.2 Å². The molecule has 0 bridgehead atoms. The molecule has 4 heteroatoms. The van der Waals surface area contributed by atoms with E-state index in [2.05, 4.69) is 6.92 Å². The minimum Gasteiger partial charge on any atom is -0.481 e. The van der Waals surface area contributed by atoms with Crippen LogP contribution in [-0.4, -0.2) is 29.6 Å². The van der Waals surface area contributed by atoms with Crippen molar-refractivity contribution in [3.63, 3.8) is 0 Å². The van der Waals surface area contributed by atoms with Gasteiger partial charge in [-0.2, -0.15) is 0 Å². The number of aliphatic carboxylic acids is 1. The molecule has 0 saturated carbocycles. The number of hydrogen-bond acceptors (Lipinski definition) is 3. The molecule has 0 heterocycles. The number of methoxy groups -OCH3 is 1. The summed E-state index contributed by atoms with van der Waals surface area (Å²) in [6.45, 7) is 3.76. The molecule has 0 aromatic carbocycles. The summed E-state index contributed by atoms with van der Waals surface area (Å²) in [5, 5.41) is 8.59. The van der Waals surface area contributed by atoms with Gasteiger partial charge in [0.2, 0.25) is 0 Å². The molecule has 1 N–H and O–H groups in total. The van der Waals surface area contributed by atoms with Crippen molar-refractivity contribution in [3.8, 4) is 0 Å². The van der Waals surface area contributed by atoms with Crippen LogP contribution in [0.25, 0.3) is 0 Å². The van der Waals surface area contributed by atoms with Gasteiger partial charge in [0, 0.05) is 13.5 Å². The van der Waals surface area contributed by atoms with E-state index in [-0.39, 0.29) is 12.2 Å². The number of carbonyl (C=O) groups is 2. The van der Waals surface area contributed by atoms with Crippen LogP contribution in [-0.2, 0) is 14.3 Å². The van der Waals surface area contributed by atoms with E-state index in [4.69, 9.17) is 9.84 Å². The molecule has 0 fully saturated rings. The highest BCUT2D eigenvalue weighted by molar-refractivity contribution is 5.84. The number of unbranched alkanes of at least 4 members (excludes halogenated alkanes) is 5. The molecule has 0 saturated heterocycles. The number of carboxylic acids is 1. The lowest BCUT2D eigenvalue weighted by Gasteiger charge is -2.30. The lowest BCUT2D eigenvalue weighted by atomic mass is 9.86. The zero-order valence-corrected chi connectivity index (χ0v) is 13.2. The van der Waals surface area contributed by atoms with Gasteiger partial charge in [0.05, 0.1) is 0 Å². The lowest BCUT2D eigenvalue weighted by Crippen LogP contribution is -2.39. The molecule has 0 aromatic rings. The Balaban J connectivity index is 4.18. The fourth-order valence-corrected chi connectivity index (χ4v) is 2.53. The molecule has 4 nitrogen and oxygen atoms in total. The summed E-state index contributed by atoms with van der Waals surface area (Å²) in [6, 6.07) is 0. The number of carbonyl (C=O) groups excluding carboxylic acids is 1. The normalized spacial score (nSPS) is 13.9. The van der Waals surface area contributed by atoms with Crippen LogP contribution in [0.15, 0.2) is 0 Å². The van der Waals surface area contributed by atoms with Gasteiger partial charge in [0.25, 0.3) is 0 Å². The first kappa shape index (κ1) is 19.1. The monoisotopic (exact) mass is 286 g/mol. The smallest absolute Gasteiger partial charge is 0.303 e. The number of Topliss-reactive ketones (excluding diaryl/α,β-unsaturated/α-hetero) is 1. The quantitative estimate of drug-likeness (QED) is 0.520. The van der Waals surface area contributed by atoms with E-state index >= 15 is 0 Å². The van der Waals surface area contributed by atoms with Crippen molar-refractivity contribution in [1.82, 2.24) is 0 Å². The molecule has 0 rings (SSSR count). The predicted molar refractivity (Wildman–Crippen MR) is 79.9 cm³/mol. The topological polar surface area (TPSA) is 63.6 Å². The van der Waals surface area contributed by atoms with E-state index in [1.165, 1.54) is 12.8 Å². The number of ether oxygens (including phenoxy) is 1. The third-order valence-corrected chi connectivity index (χ3v) is 3.94. The Kier molecular flexibility index (Phi) is 10.3. The maximum Gasteiger partial charge on any atom is 0.303 e. The fourth-order valence-electron chi connectivity index (χ4n) is 2.53. The minimum atomic E-state index is -0.755. The Labute approximate surface area is 122 Å². The van der Waals surface area contributed by atoms with Gasteiger partial charge < -0.3 is 9.84 Å². The molecule has 1 atom stereocenters. The third-order valence-electron chi connectivity index (χ3n) is 3.94. The maximum absolute atomic E-state index is 11.9. The van der Waals surface area contributed by atoms with Gasteiger partial charge in [-0.1, -0.05) is 45.4 Å². The number of ketones is 1. The van der Waals surface area contributed by atoms with Gasteiger partial charge in [-0.25, -0.2) is 0 Å². The second-order valence-corrected chi connectivity index (χ2v) is 5.52. The average Bonchev–Trinajstić information content (AvgIpc) is 2.40. The summed E-state index contributed by atoms with van der Waals surface area (Å²) in [7, 11) is 1.61. The summed E-state index contributed by atoms with van der Waals surface area (Å²) in [5.41, 5.74) is -0.656. The van der Waals surface area contributed by atoms with Crippen molar-refractivity contribution in [2.24, 2.45) is 0 Å². The molecule has 0 spiro atoms. The first-order valence-electron chi connectivity index (χ1n) is 7.76. The molecule has 0 radical (unpaired) electrons. The van der Waals surface area contributed by atoms with E-state index in [0.717, 1.165) is 32.1 Å².